The summed E-state index contributed by atoms with van der Waals surface area (Å²) in [6.07, 6.45) is -5.26. The number of carbonyl (C=O) groups excluding carboxylic acids is 2. The van der Waals surface area contributed by atoms with Gasteiger partial charge in [-0.2, -0.15) is 13.2 Å². The third kappa shape index (κ3) is 4.02. The minimum absolute atomic E-state index is 0.126. The fraction of sp³-hybridized carbons (Fsp3) is 0.846. The zero-order valence-electron chi connectivity index (χ0n) is 12.4. The molecule has 4 nitrogen and oxygen atoms in total. The highest BCUT2D eigenvalue weighted by molar-refractivity contribution is 6.26. The summed E-state index contributed by atoms with van der Waals surface area (Å²) in [7, 11) is 0. The number of carbonyl (C=O) groups is 2. The van der Waals surface area contributed by atoms with Crippen LogP contribution in [0.4, 0.5) is 13.2 Å². The average Bonchev–Trinajstić information content (AvgIpc) is 2.23. The van der Waals surface area contributed by atoms with Crippen LogP contribution in [0.2, 0.25) is 0 Å². The molecule has 1 fully saturated rings. The van der Waals surface area contributed by atoms with Gasteiger partial charge >= 0.3 is 18.1 Å². The molecule has 1 aliphatic rings. The molecule has 0 N–H and O–H groups in total. The van der Waals surface area contributed by atoms with Crippen LogP contribution in [0, 0.1) is 0 Å². The SMILES string of the molecule is CC1(C)CC(OC(=O)CCl)CC(C)(C)N1C(=O)C(F)(F)F. The Balaban J connectivity index is 3.05. The summed E-state index contributed by atoms with van der Waals surface area (Å²) in [5, 5.41) is 0. The summed E-state index contributed by atoms with van der Waals surface area (Å²) >= 11 is 5.36. The molecule has 8 heteroatoms. The van der Waals surface area contributed by atoms with E-state index in [9.17, 15) is 22.8 Å². The van der Waals surface area contributed by atoms with Crippen LogP contribution in [0.3, 0.4) is 0 Å². The summed E-state index contributed by atoms with van der Waals surface area (Å²) in [6, 6.07) is 0. The maximum atomic E-state index is 12.8. The molecule has 0 aromatic heterocycles. The minimum Gasteiger partial charge on any atom is -0.461 e. The van der Waals surface area contributed by atoms with Gasteiger partial charge in [-0.15, -0.1) is 11.6 Å². The lowest BCUT2D eigenvalue weighted by Gasteiger charge is -2.54. The van der Waals surface area contributed by atoms with Gasteiger partial charge in [-0.1, -0.05) is 0 Å². The van der Waals surface area contributed by atoms with E-state index in [2.05, 4.69) is 0 Å². The molecule has 0 aliphatic carbocycles. The molecular formula is C13H19ClF3NO3. The first-order chi connectivity index (χ1) is 9.31. The maximum Gasteiger partial charge on any atom is 0.471 e. The molecule has 0 atom stereocenters. The van der Waals surface area contributed by atoms with Gasteiger partial charge in [-0.3, -0.25) is 9.59 Å². The van der Waals surface area contributed by atoms with Gasteiger partial charge in [0.1, 0.15) is 12.0 Å². The Kier molecular flexibility index (Phi) is 4.87. The van der Waals surface area contributed by atoms with Crippen molar-refractivity contribution in [3.05, 3.63) is 0 Å². The van der Waals surface area contributed by atoms with Crippen LogP contribution in [0.25, 0.3) is 0 Å². The van der Waals surface area contributed by atoms with E-state index in [4.69, 9.17) is 16.3 Å². The maximum absolute atomic E-state index is 12.8. The fourth-order valence-electron chi connectivity index (χ4n) is 3.17. The Hall–Kier alpha value is -0.980. The first-order valence-corrected chi connectivity index (χ1v) is 7.01. The first kappa shape index (κ1) is 18.1. The smallest absolute Gasteiger partial charge is 0.461 e. The number of amides is 1. The number of ether oxygens (including phenoxy) is 1. The van der Waals surface area contributed by atoms with Gasteiger partial charge < -0.3 is 9.64 Å². The Labute approximate surface area is 126 Å². The Morgan fingerprint density at radius 3 is 1.95 bits per heavy atom. The highest BCUT2D eigenvalue weighted by atomic mass is 35.5. The van der Waals surface area contributed by atoms with E-state index in [1.165, 1.54) is 27.7 Å². The van der Waals surface area contributed by atoms with Crippen molar-refractivity contribution in [3.8, 4) is 0 Å². The summed E-state index contributed by atoms with van der Waals surface area (Å²) in [5.74, 6) is -2.81. The topological polar surface area (TPSA) is 46.6 Å². The van der Waals surface area contributed by atoms with E-state index in [1.807, 2.05) is 0 Å². The second-order valence-corrected chi connectivity index (χ2v) is 6.68. The number of piperidine rings is 1. The molecule has 1 rings (SSSR count). The number of rotatable bonds is 2. The predicted octanol–water partition coefficient (Wildman–Crippen LogP) is 2.88. The van der Waals surface area contributed by atoms with Crippen molar-refractivity contribution in [1.82, 2.24) is 4.90 Å². The Bertz CT molecular complexity index is 417. The number of esters is 1. The monoisotopic (exact) mass is 329 g/mol. The van der Waals surface area contributed by atoms with Crippen LogP contribution < -0.4 is 0 Å². The quantitative estimate of drug-likeness (QED) is 0.578. The first-order valence-electron chi connectivity index (χ1n) is 6.48. The number of nitrogens with zero attached hydrogens (tertiary/aromatic N) is 1. The molecule has 1 heterocycles. The summed E-state index contributed by atoms with van der Waals surface area (Å²) in [6.45, 7) is 6.11. The van der Waals surface area contributed by atoms with E-state index in [0.29, 0.717) is 0 Å². The summed E-state index contributed by atoms with van der Waals surface area (Å²) < 4.78 is 43.5. The van der Waals surface area contributed by atoms with Gasteiger partial charge in [0, 0.05) is 23.9 Å². The molecule has 0 saturated carbocycles. The standard InChI is InChI=1S/C13H19ClF3NO3/c1-11(2)5-8(21-9(19)7-14)6-12(3,4)18(11)10(20)13(15,16)17/h8H,5-7H2,1-4H3. The molecule has 0 aromatic carbocycles. The normalized spacial score (nSPS) is 22.0. The fourth-order valence-corrected chi connectivity index (χ4v) is 3.23. The highest BCUT2D eigenvalue weighted by Gasteiger charge is 2.55. The van der Waals surface area contributed by atoms with Crippen molar-refractivity contribution >= 4 is 23.5 Å². The van der Waals surface area contributed by atoms with E-state index >= 15 is 0 Å². The van der Waals surface area contributed by atoms with Crippen LogP contribution in [0.5, 0.6) is 0 Å². The second kappa shape index (κ2) is 5.66. The van der Waals surface area contributed by atoms with Crippen LogP contribution in [-0.2, 0) is 14.3 Å². The molecule has 1 amide bonds. The lowest BCUT2D eigenvalue weighted by Crippen LogP contribution is -2.66. The minimum atomic E-state index is -4.94. The van der Waals surface area contributed by atoms with Gasteiger partial charge in [0.2, 0.25) is 0 Å². The van der Waals surface area contributed by atoms with Crippen molar-refractivity contribution in [1.29, 1.82) is 0 Å². The van der Waals surface area contributed by atoms with Gasteiger partial charge in [0.25, 0.3) is 0 Å². The van der Waals surface area contributed by atoms with Crippen LogP contribution >= 0.6 is 11.6 Å². The molecule has 0 unspecified atom stereocenters. The molecule has 21 heavy (non-hydrogen) atoms. The Morgan fingerprint density at radius 2 is 1.62 bits per heavy atom. The molecule has 1 aliphatic heterocycles. The van der Waals surface area contributed by atoms with Gasteiger partial charge in [-0.05, 0) is 27.7 Å². The van der Waals surface area contributed by atoms with Crippen molar-refractivity contribution in [3.63, 3.8) is 0 Å². The molecular weight excluding hydrogens is 311 g/mol. The van der Waals surface area contributed by atoms with E-state index in [1.54, 1.807) is 0 Å². The van der Waals surface area contributed by atoms with Gasteiger partial charge in [-0.25, -0.2) is 0 Å². The molecule has 0 spiro atoms. The lowest BCUT2D eigenvalue weighted by atomic mass is 9.78. The number of likely N-dealkylation sites (tertiary alicyclic amines) is 1. The van der Waals surface area contributed by atoms with Crippen molar-refractivity contribution in [2.45, 2.75) is 63.9 Å². The van der Waals surface area contributed by atoms with E-state index in [0.717, 1.165) is 4.90 Å². The average molecular weight is 330 g/mol. The van der Waals surface area contributed by atoms with E-state index < -0.39 is 35.2 Å². The second-order valence-electron chi connectivity index (χ2n) is 6.42. The Morgan fingerprint density at radius 1 is 1.19 bits per heavy atom. The van der Waals surface area contributed by atoms with Crippen molar-refractivity contribution < 1.29 is 27.5 Å². The molecule has 0 bridgehead atoms. The molecule has 1 saturated heterocycles. The van der Waals surface area contributed by atoms with Crippen LogP contribution in [0.15, 0.2) is 0 Å². The number of halogens is 4. The third-order valence-electron chi connectivity index (χ3n) is 3.52. The highest BCUT2D eigenvalue weighted by Crippen LogP contribution is 2.42. The van der Waals surface area contributed by atoms with Gasteiger partial charge in [0.05, 0.1) is 0 Å². The summed E-state index contributed by atoms with van der Waals surface area (Å²) in [5.41, 5.74) is -2.18. The molecule has 122 valence electrons. The zero-order valence-corrected chi connectivity index (χ0v) is 13.1. The van der Waals surface area contributed by atoms with Crippen molar-refractivity contribution in [2.24, 2.45) is 0 Å². The number of hydrogen-bond donors (Lipinski definition) is 0. The number of alkyl halides is 4. The lowest BCUT2D eigenvalue weighted by molar-refractivity contribution is -0.207. The molecule has 0 radical (unpaired) electrons. The van der Waals surface area contributed by atoms with Crippen LogP contribution in [0.1, 0.15) is 40.5 Å². The summed E-state index contributed by atoms with van der Waals surface area (Å²) in [4.78, 5) is 23.8. The largest absolute Gasteiger partial charge is 0.471 e. The number of hydrogen-bond acceptors (Lipinski definition) is 3. The zero-order chi connectivity index (χ0) is 16.6. The predicted molar refractivity (Wildman–Crippen MR) is 70.9 cm³/mol. The van der Waals surface area contributed by atoms with Crippen LogP contribution in [-0.4, -0.2) is 46.0 Å². The third-order valence-corrected chi connectivity index (χ3v) is 3.74. The van der Waals surface area contributed by atoms with Crippen molar-refractivity contribution in [2.75, 3.05) is 5.88 Å². The molecule has 0 aromatic rings. The van der Waals surface area contributed by atoms with E-state index in [-0.39, 0.29) is 18.7 Å². The van der Waals surface area contributed by atoms with Gasteiger partial charge in [0.15, 0.2) is 0 Å².